The highest BCUT2D eigenvalue weighted by atomic mass is 16.5. The van der Waals surface area contributed by atoms with Crippen molar-refractivity contribution < 1.29 is 24.5 Å². The van der Waals surface area contributed by atoms with Crippen LogP contribution in [0.25, 0.3) is 0 Å². The van der Waals surface area contributed by atoms with Crippen molar-refractivity contribution in [3.63, 3.8) is 0 Å². The van der Waals surface area contributed by atoms with Crippen LogP contribution in [-0.2, 0) is 14.3 Å². The molecule has 0 aromatic heterocycles. The number of aliphatic hydroxyl groups excluding tert-OH is 2. The molecule has 0 aliphatic heterocycles. The predicted octanol–water partition coefficient (Wildman–Crippen LogP) is 18.6. The van der Waals surface area contributed by atoms with Crippen molar-refractivity contribution in [1.29, 1.82) is 0 Å². The third-order valence-corrected chi connectivity index (χ3v) is 13.6. The smallest absolute Gasteiger partial charge is 0.305 e. The van der Waals surface area contributed by atoms with Gasteiger partial charge in [0.15, 0.2) is 0 Å². The zero-order chi connectivity index (χ0) is 49.3. The number of hydrogen-bond donors (Lipinski definition) is 3. The summed E-state index contributed by atoms with van der Waals surface area (Å²) in [6.45, 7) is 4.87. The number of ether oxygens (including phenoxy) is 1. The van der Waals surface area contributed by atoms with E-state index in [1.54, 1.807) is 0 Å². The van der Waals surface area contributed by atoms with Gasteiger partial charge >= 0.3 is 5.97 Å². The van der Waals surface area contributed by atoms with Crippen molar-refractivity contribution in [1.82, 2.24) is 5.32 Å². The minimum absolute atomic E-state index is 0.0282. The number of nitrogens with one attached hydrogen (secondary N) is 1. The van der Waals surface area contributed by atoms with Gasteiger partial charge in [0.05, 0.1) is 25.4 Å². The van der Waals surface area contributed by atoms with Gasteiger partial charge in [-0.25, -0.2) is 0 Å². The maximum atomic E-state index is 12.5. The molecule has 0 aromatic rings. The number of amides is 1. The van der Waals surface area contributed by atoms with Crippen molar-refractivity contribution in [3.05, 3.63) is 48.6 Å². The van der Waals surface area contributed by atoms with E-state index in [0.717, 1.165) is 83.5 Å². The number of allylic oxidation sites excluding steroid dienone is 8. The molecule has 0 heterocycles. The molecule has 6 heteroatoms. The molecule has 68 heavy (non-hydrogen) atoms. The molecule has 0 bridgehead atoms. The van der Waals surface area contributed by atoms with Gasteiger partial charge < -0.3 is 20.3 Å². The van der Waals surface area contributed by atoms with E-state index in [1.807, 2.05) is 0 Å². The SMILES string of the molecule is CCCC/C=C\C/C=C\CCCCCCCC(=O)OCCCCC/C=C\C=C/CCCCCCCCCCCCC(=O)NC(CO)C(O)CCCCCCCCCCCCCCCCCCCC. The Balaban J connectivity index is 3.49. The average Bonchev–Trinajstić information content (AvgIpc) is 3.34. The van der Waals surface area contributed by atoms with Crippen LogP contribution in [0.2, 0.25) is 0 Å². The van der Waals surface area contributed by atoms with Crippen LogP contribution in [0.4, 0.5) is 0 Å². The van der Waals surface area contributed by atoms with Crippen LogP contribution >= 0.6 is 0 Å². The first-order valence-corrected chi connectivity index (χ1v) is 29.9. The van der Waals surface area contributed by atoms with Crippen LogP contribution in [0.1, 0.15) is 309 Å². The van der Waals surface area contributed by atoms with Crippen LogP contribution in [0.15, 0.2) is 48.6 Å². The number of esters is 1. The number of hydrogen-bond acceptors (Lipinski definition) is 5. The molecule has 0 saturated carbocycles. The fraction of sp³-hybridized carbons (Fsp3) is 0.839. The molecule has 0 saturated heterocycles. The van der Waals surface area contributed by atoms with E-state index in [1.165, 1.54) is 193 Å². The summed E-state index contributed by atoms with van der Waals surface area (Å²) in [7, 11) is 0. The quantitative estimate of drug-likeness (QED) is 0.0244. The van der Waals surface area contributed by atoms with E-state index in [0.29, 0.717) is 25.9 Å². The van der Waals surface area contributed by atoms with E-state index in [4.69, 9.17) is 4.74 Å². The average molecular weight is 955 g/mol. The normalized spacial score (nSPS) is 12.9. The number of unbranched alkanes of at least 4 members (excludes halogenated alkanes) is 37. The van der Waals surface area contributed by atoms with Gasteiger partial charge in [-0.15, -0.1) is 0 Å². The predicted molar refractivity (Wildman–Crippen MR) is 296 cm³/mol. The molecule has 2 atom stereocenters. The summed E-state index contributed by atoms with van der Waals surface area (Å²) in [6, 6.07) is -0.551. The minimum Gasteiger partial charge on any atom is -0.466 e. The van der Waals surface area contributed by atoms with Crippen molar-refractivity contribution in [3.8, 4) is 0 Å². The Hall–Kier alpha value is -2.18. The summed E-state index contributed by atoms with van der Waals surface area (Å²) in [5.74, 6) is -0.0721. The van der Waals surface area contributed by atoms with Gasteiger partial charge in [-0.2, -0.15) is 0 Å². The Morgan fingerprint density at radius 1 is 0.426 bits per heavy atom. The lowest BCUT2D eigenvalue weighted by Crippen LogP contribution is -2.45. The molecule has 398 valence electrons. The van der Waals surface area contributed by atoms with Gasteiger partial charge in [0, 0.05) is 12.8 Å². The zero-order valence-corrected chi connectivity index (χ0v) is 45.3. The highest BCUT2D eigenvalue weighted by molar-refractivity contribution is 5.76. The zero-order valence-electron chi connectivity index (χ0n) is 45.3. The summed E-state index contributed by atoms with van der Waals surface area (Å²) >= 11 is 0. The lowest BCUT2D eigenvalue weighted by molar-refractivity contribution is -0.143. The van der Waals surface area contributed by atoms with Crippen LogP contribution in [0.5, 0.6) is 0 Å². The fourth-order valence-corrected chi connectivity index (χ4v) is 9.00. The fourth-order valence-electron chi connectivity index (χ4n) is 9.00. The van der Waals surface area contributed by atoms with Gasteiger partial charge in [-0.3, -0.25) is 9.59 Å². The molecule has 1 amide bonds. The van der Waals surface area contributed by atoms with Crippen LogP contribution in [0, 0.1) is 0 Å². The van der Waals surface area contributed by atoms with Crippen molar-refractivity contribution >= 4 is 11.9 Å². The Morgan fingerprint density at radius 2 is 0.794 bits per heavy atom. The monoisotopic (exact) mass is 954 g/mol. The van der Waals surface area contributed by atoms with Gasteiger partial charge in [0.2, 0.25) is 5.91 Å². The summed E-state index contributed by atoms with van der Waals surface area (Å²) < 4.78 is 5.44. The van der Waals surface area contributed by atoms with Gasteiger partial charge in [-0.05, 0) is 83.5 Å². The first-order chi connectivity index (χ1) is 33.5. The third kappa shape index (κ3) is 53.2. The Bertz CT molecular complexity index is 1150. The van der Waals surface area contributed by atoms with E-state index < -0.39 is 12.1 Å². The first-order valence-electron chi connectivity index (χ1n) is 29.9. The standard InChI is InChI=1S/C62H115NO5/c1-3-5-7-9-11-13-15-17-19-20-24-27-30-34-38-42-46-50-54-60(65)59(58-64)63-61(66)55-51-47-43-39-35-31-28-25-22-21-23-26-29-33-37-41-45-49-53-57-68-62(67)56-52-48-44-40-36-32-18-16-14-12-10-8-6-4-2/h10,12,16,18,26,29,33,37,59-60,64-65H,3-9,11,13-15,17,19-25,27-28,30-32,34-36,38-58H2,1-2H3,(H,63,66)/b12-10-,18-16-,29-26-,37-33-. The van der Waals surface area contributed by atoms with Crippen molar-refractivity contribution in [2.75, 3.05) is 13.2 Å². The summed E-state index contributed by atoms with van der Waals surface area (Å²) in [5, 5.41) is 23.3. The first kappa shape index (κ1) is 65.8. The second-order valence-corrected chi connectivity index (χ2v) is 20.4. The van der Waals surface area contributed by atoms with Gasteiger partial charge in [0.25, 0.3) is 0 Å². The summed E-state index contributed by atoms with van der Waals surface area (Å²) in [5.41, 5.74) is 0. The third-order valence-electron chi connectivity index (χ3n) is 13.6. The highest BCUT2D eigenvalue weighted by Crippen LogP contribution is 2.17. The van der Waals surface area contributed by atoms with Crippen molar-refractivity contribution in [2.45, 2.75) is 321 Å². The molecule has 0 aromatic carbocycles. The highest BCUT2D eigenvalue weighted by Gasteiger charge is 2.20. The molecule has 0 aliphatic carbocycles. The topological polar surface area (TPSA) is 95.9 Å². The Labute approximate surface area is 423 Å². The Morgan fingerprint density at radius 3 is 1.25 bits per heavy atom. The lowest BCUT2D eigenvalue weighted by atomic mass is 10.0. The largest absolute Gasteiger partial charge is 0.466 e. The van der Waals surface area contributed by atoms with Crippen LogP contribution in [-0.4, -0.2) is 47.4 Å². The molecule has 2 unspecified atom stereocenters. The van der Waals surface area contributed by atoms with Crippen molar-refractivity contribution in [2.24, 2.45) is 0 Å². The molecule has 0 rings (SSSR count). The number of carbonyl (C=O) groups is 2. The molecule has 0 aliphatic rings. The van der Waals surface area contributed by atoms with E-state index in [-0.39, 0.29) is 18.5 Å². The van der Waals surface area contributed by atoms with E-state index in [9.17, 15) is 19.8 Å². The molecule has 3 N–H and O–H groups in total. The summed E-state index contributed by atoms with van der Waals surface area (Å²) in [4.78, 5) is 24.5. The molecule has 6 nitrogen and oxygen atoms in total. The number of rotatable bonds is 55. The summed E-state index contributed by atoms with van der Waals surface area (Å²) in [6.07, 6.45) is 72.5. The minimum atomic E-state index is -0.673. The lowest BCUT2D eigenvalue weighted by Gasteiger charge is -2.22. The molecule has 0 radical (unpaired) electrons. The second kappa shape index (κ2) is 57.4. The maximum absolute atomic E-state index is 12.5. The molecular weight excluding hydrogens is 839 g/mol. The van der Waals surface area contributed by atoms with Gasteiger partial charge in [-0.1, -0.05) is 262 Å². The second-order valence-electron chi connectivity index (χ2n) is 20.4. The Kier molecular flexibility index (Phi) is 55.6. The molecular formula is C62H115NO5. The van der Waals surface area contributed by atoms with Crippen LogP contribution < -0.4 is 5.32 Å². The van der Waals surface area contributed by atoms with E-state index >= 15 is 0 Å². The number of carbonyl (C=O) groups excluding carboxylic acids is 2. The van der Waals surface area contributed by atoms with Crippen LogP contribution in [0.3, 0.4) is 0 Å². The van der Waals surface area contributed by atoms with E-state index in [2.05, 4.69) is 67.8 Å². The molecule has 0 fully saturated rings. The van der Waals surface area contributed by atoms with Gasteiger partial charge in [0.1, 0.15) is 0 Å². The number of aliphatic hydroxyl groups is 2. The maximum Gasteiger partial charge on any atom is 0.305 e. The molecule has 0 spiro atoms.